The maximum absolute atomic E-state index is 11.7. The molecule has 0 aliphatic carbocycles. The number of aldehydes is 1. The first kappa shape index (κ1) is 15.2. The minimum absolute atomic E-state index is 0.105. The summed E-state index contributed by atoms with van der Waals surface area (Å²) in [6.45, 7) is 7.24. The zero-order valence-electron chi connectivity index (χ0n) is 11.8. The molecule has 0 heterocycles. The summed E-state index contributed by atoms with van der Waals surface area (Å²) in [6.07, 6.45) is 0.161. The van der Waals surface area contributed by atoms with Crippen LogP contribution in [-0.4, -0.2) is 24.0 Å². The minimum Gasteiger partial charge on any atom is -0.444 e. The van der Waals surface area contributed by atoms with Gasteiger partial charge in [0.05, 0.1) is 6.04 Å². The van der Waals surface area contributed by atoms with Gasteiger partial charge in [-0.25, -0.2) is 4.79 Å². The van der Waals surface area contributed by atoms with Gasteiger partial charge in [-0.05, 0) is 26.3 Å². The molecule has 2 atom stereocenters. The number of nitrogens with one attached hydrogen (secondary N) is 1. The summed E-state index contributed by atoms with van der Waals surface area (Å²) in [5, 5.41) is 2.59. The molecule has 1 aromatic carbocycles. The second kappa shape index (κ2) is 6.36. The highest BCUT2D eigenvalue weighted by Gasteiger charge is 2.23. The van der Waals surface area contributed by atoms with Crippen LogP contribution in [0.3, 0.4) is 0 Å². The fraction of sp³-hybridized carbons (Fsp3) is 0.467. The number of hydrogen-bond donors (Lipinski definition) is 1. The Balaban J connectivity index is 2.68. The van der Waals surface area contributed by atoms with Crippen molar-refractivity contribution in [3.8, 4) is 0 Å². The molecule has 104 valence electrons. The van der Waals surface area contributed by atoms with E-state index in [0.717, 1.165) is 11.8 Å². The van der Waals surface area contributed by atoms with Crippen molar-refractivity contribution in [1.29, 1.82) is 0 Å². The molecule has 4 heteroatoms. The van der Waals surface area contributed by atoms with E-state index in [-0.39, 0.29) is 5.92 Å². The molecule has 0 radical (unpaired) electrons. The molecule has 0 aliphatic heterocycles. The highest BCUT2D eigenvalue weighted by molar-refractivity contribution is 5.74. The van der Waals surface area contributed by atoms with Crippen molar-refractivity contribution in [3.63, 3.8) is 0 Å². The van der Waals surface area contributed by atoms with Gasteiger partial charge in [-0.1, -0.05) is 37.3 Å². The number of carbonyl (C=O) groups is 2. The third-order valence-electron chi connectivity index (χ3n) is 2.69. The Hall–Kier alpha value is -1.84. The zero-order valence-corrected chi connectivity index (χ0v) is 11.8. The largest absolute Gasteiger partial charge is 0.444 e. The van der Waals surface area contributed by atoms with Crippen molar-refractivity contribution in [2.75, 3.05) is 0 Å². The molecule has 0 fully saturated rings. The predicted octanol–water partition coefficient (Wildman–Crippen LogP) is 2.88. The van der Waals surface area contributed by atoms with Crippen LogP contribution in [0.5, 0.6) is 0 Å². The van der Waals surface area contributed by atoms with Gasteiger partial charge < -0.3 is 14.8 Å². The van der Waals surface area contributed by atoms with E-state index in [1.54, 1.807) is 20.8 Å². The molecular weight excluding hydrogens is 242 g/mol. The summed E-state index contributed by atoms with van der Waals surface area (Å²) < 4.78 is 5.15. The summed E-state index contributed by atoms with van der Waals surface area (Å²) in [5.74, 6) is -0.105. The Kier molecular flexibility index (Phi) is 5.10. The maximum atomic E-state index is 11.7. The molecule has 4 nitrogen and oxygen atoms in total. The molecule has 1 aromatic rings. The van der Waals surface area contributed by atoms with Gasteiger partial charge in [-0.3, -0.25) is 0 Å². The second-order valence-corrected chi connectivity index (χ2v) is 5.51. The van der Waals surface area contributed by atoms with E-state index in [4.69, 9.17) is 4.74 Å². The third kappa shape index (κ3) is 5.12. The van der Waals surface area contributed by atoms with Gasteiger partial charge in [0.25, 0.3) is 0 Å². The first-order valence-corrected chi connectivity index (χ1v) is 6.33. The van der Waals surface area contributed by atoms with Crippen LogP contribution in [0.15, 0.2) is 30.3 Å². The van der Waals surface area contributed by atoms with Crippen LogP contribution in [0, 0.1) is 0 Å². The van der Waals surface area contributed by atoms with Crippen molar-refractivity contribution >= 4 is 12.4 Å². The highest BCUT2D eigenvalue weighted by Crippen LogP contribution is 2.18. The van der Waals surface area contributed by atoms with Crippen LogP contribution in [0.2, 0.25) is 0 Å². The number of amides is 1. The molecule has 0 aliphatic rings. The number of benzene rings is 1. The van der Waals surface area contributed by atoms with Crippen LogP contribution in [0.4, 0.5) is 4.79 Å². The second-order valence-electron chi connectivity index (χ2n) is 5.51. The van der Waals surface area contributed by atoms with Gasteiger partial charge >= 0.3 is 6.09 Å². The van der Waals surface area contributed by atoms with Gasteiger partial charge in [-0.15, -0.1) is 0 Å². The lowest BCUT2D eigenvalue weighted by Gasteiger charge is -2.24. The molecule has 0 spiro atoms. The SMILES string of the molecule is C[C@H](c1ccccc1)[C@H](C=O)NC(=O)OC(C)(C)C. The monoisotopic (exact) mass is 263 g/mol. The van der Waals surface area contributed by atoms with Crippen LogP contribution in [0.1, 0.15) is 39.2 Å². The molecule has 0 unspecified atom stereocenters. The third-order valence-corrected chi connectivity index (χ3v) is 2.69. The number of hydrogen-bond acceptors (Lipinski definition) is 3. The number of alkyl carbamates (subject to hydrolysis) is 1. The minimum atomic E-state index is -0.600. The van der Waals surface area contributed by atoms with Gasteiger partial charge in [0.1, 0.15) is 11.9 Å². The Morgan fingerprint density at radius 2 is 1.84 bits per heavy atom. The Morgan fingerprint density at radius 1 is 1.26 bits per heavy atom. The van der Waals surface area contributed by atoms with E-state index in [2.05, 4.69) is 5.32 Å². The summed E-state index contributed by atoms with van der Waals surface area (Å²) in [4.78, 5) is 22.8. The summed E-state index contributed by atoms with van der Waals surface area (Å²) in [6, 6.07) is 8.98. The fourth-order valence-corrected chi connectivity index (χ4v) is 1.68. The summed E-state index contributed by atoms with van der Waals surface area (Å²) in [5.41, 5.74) is 0.420. The molecular formula is C15H21NO3. The molecule has 1 rings (SSSR count). The van der Waals surface area contributed by atoms with E-state index in [0.29, 0.717) is 0 Å². The highest BCUT2D eigenvalue weighted by atomic mass is 16.6. The average Bonchev–Trinajstić information content (AvgIpc) is 2.34. The van der Waals surface area contributed by atoms with E-state index < -0.39 is 17.7 Å². The lowest BCUT2D eigenvalue weighted by atomic mass is 9.94. The smallest absolute Gasteiger partial charge is 0.408 e. The van der Waals surface area contributed by atoms with Gasteiger partial charge in [0.15, 0.2) is 0 Å². The molecule has 0 saturated carbocycles. The lowest BCUT2D eigenvalue weighted by Crippen LogP contribution is -2.42. The number of carbonyl (C=O) groups excluding carboxylic acids is 2. The topological polar surface area (TPSA) is 55.4 Å². The van der Waals surface area contributed by atoms with Crippen molar-refractivity contribution in [1.82, 2.24) is 5.32 Å². The van der Waals surface area contributed by atoms with Crippen molar-refractivity contribution in [3.05, 3.63) is 35.9 Å². The van der Waals surface area contributed by atoms with Crippen LogP contribution in [-0.2, 0) is 9.53 Å². The molecule has 19 heavy (non-hydrogen) atoms. The van der Waals surface area contributed by atoms with Crippen molar-refractivity contribution < 1.29 is 14.3 Å². The standard InChI is InChI=1S/C15H21NO3/c1-11(12-8-6-5-7-9-12)13(10-17)16-14(18)19-15(2,3)4/h5-11,13H,1-4H3,(H,16,18)/t11-,13+/m1/s1. The lowest BCUT2D eigenvalue weighted by molar-refractivity contribution is -0.110. The molecule has 0 saturated heterocycles. The number of ether oxygens (including phenoxy) is 1. The molecule has 1 N–H and O–H groups in total. The van der Waals surface area contributed by atoms with Crippen LogP contribution >= 0.6 is 0 Å². The molecule has 0 aromatic heterocycles. The Labute approximate surface area is 114 Å². The van der Waals surface area contributed by atoms with E-state index in [1.165, 1.54) is 0 Å². The van der Waals surface area contributed by atoms with Gasteiger partial charge in [-0.2, -0.15) is 0 Å². The Bertz CT molecular complexity index is 423. The molecule has 1 amide bonds. The van der Waals surface area contributed by atoms with Crippen molar-refractivity contribution in [2.24, 2.45) is 0 Å². The van der Waals surface area contributed by atoms with Crippen molar-refractivity contribution in [2.45, 2.75) is 45.3 Å². The first-order chi connectivity index (χ1) is 8.83. The predicted molar refractivity (Wildman–Crippen MR) is 74.1 cm³/mol. The quantitative estimate of drug-likeness (QED) is 0.850. The van der Waals surface area contributed by atoms with E-state index in [1.807, 2.05) is 37.3 Å². The van der Waals surface area contributed by atoms with Crippen LogP contribution < -0.4 is 5.32 Å². The van der Waals surface area contributed by atoms with E-state index in [9.17, 15) is 9.59 Å². The summed E-state index contributed by atoms with van der Waals surface area (Å²) >= 11 is 0. The number of rotatable bonds is 4. The normalized spacial score (nSPS) is 14.3. The Morgan fingerprint density at radius 3 is 2.32 bits per heavy atom. The van der Waals surface area contributed by atoms with Gasteiger partial charge in [0.2, 0.25) is 0 Å². The molecule has 0 bridgehead atoms. The summed E-state index contributed by atoms with van der Waals surface area (Å²) in [7, 11) is 0. The van der Waals surface area contributed by atoms with Gasteiger partial charge in [0, 0.05) is 5.92 Å². The maximum Gasteiger partial charge on any atom is 0.408 e. The fourth-order valence-electron chi connectivity index (χ4n) is 1.68. The van der Waals surface area contributed by atoms with Crippen LogP contribution in [0.25, 0.3) is 0 Å². The first-order valence-electron chi connectivity index (χ1n) is 6.33. The average molecular weight is 263 g/mol. The van der Waals surface area contributed by atoms with E-state index >= 15 is 0 Å². The zero-order chi connectivity index (χ0) is 14.5.